The molecule has 1 spiro atoms. The average molecular weight is 384 g/mol. The molecule has 0 amide bonds. The summed E-state index contributed by atoms with van der Waals surface area (Å²) >= 11 is 10.1. The number of carbonyl (C=O) groups is 1. The molecule has 3 nitrogen and oxygen atoms in total. The quantitative estimate of drug-likeness (QED) is 0.554. The number of aromatic nitrogens is 1. The number of esters is 1. The lowest BCUT2D eigenvalue weighted by molar-refractivity contribution is -0.152. The summed E-state index contributed by atoms with van der Waals surface area (Å²) in [6, 6.07) is 3.59. The van der Waals surface area contributed by atoms with Crippen LogP contribution in [0, 0.1) is 17.8 Å². The first-order valence-electron chi connectivity index (χ1n) is 8.72. The summed E-state index contributed by atoms with van der Waals surface area (Å²) in [6.07, 6.45) is 7.58. The van der Waals surface area contributed by atoms with Crippen LogP contribution >= 0.6 is 35.1 Å². The zero-order valence-electron chi connectivity index (χ0n) is 13.6. The second kappa shape index (κ2) is 7.08. The number of nitrogens with zero attached hydrogens (tertiary/aromatic N) is 1. The van der Waals surface area contributed by atoms with E-state index < -0.39 is 0 Å². The third-order valence-corrected chi connectivity index (χ3v) is 9.86. The summed E-state index contributed by atoms with van der Waals surface area (Å²) in [5, 5.41) is 0.460. The van der Waals surface area contributed by atoms with Crippen LogP contribution in [0.5, 0.6) is 0 Å². The molecule has 2 unspecified atom stereocenters. The highest BCUT2D eigenvalue weighted by Crippen LogP contribution is 2.64. The van der Waals surface area contributed by atoms with Crippen molar-refractivity contribution in [2.75, 3.05) is 11.5 Å². The van der Waals surface area contributed by atoms with E-state index in [0.717, 1.165) is 18.4 Å². The van der Waals surface area contributed by atoms with Crippen molar-refractivity contribution < 1.29 is 9.53 Å². The van der Waals surface area contributed by atoms with Gasteiger partial charge in [0.15, 0.2) is 0 Å². The van der Waals surface area contributed by atoms with Gasteiger partial charge in [0, 0.05) is 23.3 Å². The van der Waals surface area contributed by atoms with Crippen LogP contribution in [0.25, 0.3) is 0 Å². The minimum absolute atomic E-state index is 0.0234. The lowest BCUT2D eigenvalue weighted by Crippen LogP contribution is -2.48. The molecule has 2 saturated carbocycles. The highest BCUT2D eigenvalue weighted by atomic mass is 35.5. The van der Waals surface area contributed by atoms with E-state index >= 15 is 0 Å². The molecule has 2 aliphatic carbocycles. The van der Waals surface area contributed by atoms with Gasteiger partial charge in [0.2, 0.25) is 0 Å². The van der Waals surface area contributed by atoms with Crippen LogP contribution in [0.2, 0.25) is 5.15 Å². The molecule has 1 aliphatic heterocycles. The Kier molecular flexibility index (Phi) is 5.03. The molecule has 0 N–H and O–H groups in total. The molecular formula is C18H22ClNO2S2. The fourth-order valence-electron chi connectivity index (χ4n) is 4.57. The third kappa shape index (κ3) is 3.19. The standard InChI is InChI=1S/C18H22ClNO2S2/c19-16-5-4-12(10-20-16)11-22-17(21)13-8-14-2-1-3-15(9-13)18(14)23-6-7-24-18/h4-5,10,13-15H,1-3,6-9,11H2. The lowest BCUT2D eigenvalue weighted by Gasteiger charge is -2.51. The molecule has 0 aromatic carbocycles. The number of pyridine rings is 1. The molecule has 1 aromatic rings. The normalized spacial score (nSPS) is 31.1. The molecule has 2 atom stereocenters. The number of thioether (sulfide) groups is 2. The minimum atomic E-state index is -0.0234. The smallest absolute Gasteiger partial charge is 0.309 e. The van der Waals surface area contributed by atoms with Crippen molar-refractivity contribution in [2.45, 2.75) is 42.8 Å². The van der Waals surface area contributed by atoms with Gasteiger partial charge in [0.25, 0.3) is 0 Å². The summed E-state index contributed by atoms with van der Waals surface area (Å²) in [4.78, 5) is 16.6. The number of halogens is 1. The molecule has 3 aliphatic rings. The van der Waals surface area contributed by atoms with E-state index in [2.05, 4.69) is 28.5 Å². The lowest BCUT2D eigenvalue weighted by atomic mass is 9.67. The van der Waals surface area contributed by atoms with E-state index in [-0.39, 0.29) is 11.9 Å². The Bertz CT molecular complexity index is 588. The van der Waals surface area contributed by atoms with E-state index in [0.29, 0.717) is 27.7 Å². The number of carbonyl (C=O) groups excluding carboxylic acids is 1. The molecule has 6 heteroatoms. The second-order valence-electron chi connectivity index (χ2n) is 7.01. The van der Waals surface area contributed by atoms with E-state index in [1.807, 2.05) is 6.07 Å². The van der Waals surface area contributed by atoms with Crippen LogP contribution in [0.1, 0.15) is 37.7 Å². The van der Waals surface area contributed by atoms with Gasteiger partial charge >= 0.3 is 5.97 Å². The van der Waals surface area contributed by atoms with Gasteiger partial charge in [-0.05, 0) is 43.6 Å². The molecule has 2 heterocycles. The summed E-state index contributed by atoms with van der Waals surface area (Å²) < 4.78 is 6.00. The third-order valence-electron chi connectivity index (χ3n) is 5.62. The molecule has 24 heavy (non-hydrogen) atoms. The van der Waals surface area contributed by atoms with Gasteiger partial charge in [-0.25, -0.2) is 4.98 Å². The van der Waals surface area contributed by atoms with Crippen molar-refractivity contribution in [1.29, 1.82) is 0 Å². The Morgan fingerprint density at radius 1 is 1.25 bits per heavy atom. The van der Waals surface area contributed by atoms with Crippen molar-refractivity contribution in [2.24, 2.45) is 17.8 Å². The van der Waals surface area contributed by atoms with E-state index in [1.54, 1.807) is 12.3 Å². The van der Waals surface area contributed by atoms with Gasteiger partial charge in [0.05, 0.1) is 10.00 Å². The van der Waals surface area contributed by atoms with Gasteiger partial charge in [-0.1, -0.05) is 24.1 Å². The van der Waals surface area contributed by atoms with E-state index in [4.69, 9.17) is 16.3 Å². The first-order valence-corrected chi connectivity index (χ1v) is 11.1. The van der Waals surface area contributed by atoms with Crippen molar-refractivity contribution in [1.82, 2.24) is 4.98 Å². The van der Waals surface area contributed by atoms with Gasteiger partial charge < -0.3 is 4.74 Å². The van der Waals surface area contributed by atoms with Crippen molar-refractivity contribution >= 4 is 41.1 Å². The number of hydrogen-bond acceptors (Lipinski definition) is 5. The first-order chi connectivity index (χ1) is 11.7. The van der Waals surface area contributed by atoms with Crippen molar-refractivity contribution in [3.05, 3.63) is 29.0 Å². The first kappa shape index (κ1) is 17.0. The predicted molar refractivity (Wildman–Crippen MR) is 100 cm³/mol. The van der Waals surface area contributed by atoms with Crippen LogP contribution in [0.3, 0.4) is 0 Å². The molecular weight excluding hydrogens is 362 g/mol. The zero-order chi connectivity index (χ0) is 16.6. The van der Waals surface area contributed by atoms with Gasteiger partial charge in [-0.15, -0.1) is 23.5 Å². The van der Waals surface area contributed by atoms with Gasteiger partial charge in [-0.3, -0.25) is 4.79 Å². The monoisotopic (exact) mass is 383 g/mol. The van der Waals surface area contributed by atoms with Crippen LogP contribution in [-0.4, -0.2) is 26.5 Å². The van der Waals surface area contributed by atoms with Crippen molar-refractivity contribution in [3.8, 4) is 0 Å². The maximum absolute atomic E-state index is 12.6. The average Bonchev–Trinajstić information content (AvgIpc) is 3.03. The fraction of sp³-hybridized carbons (Fsp3) is 0.667. The van der Waals surface area contributed by atoms with Crippen LogP contribution < -0.4 is 0 Å². The highest BCUT2D eigenvalue weighted by Gasteiger charge is 2.55. The Morgan fingerprint density at radius 3 is 2.58 bits per heavy atom. The highest BCUT2D eigenvalue weighted by molar-refractivity contribution is 8.21. The van der Waals surface area contributed by atoms with Crippen LogP contribution in [0.4, 0.5) is 0 Å². The maximum Gasteiger partial charge on any atom is 0.309 e. The zero-order valence-corrected chi connectivity index (χ0v) is 16.0. The molecule has 1 aromatic heterocycles. The largest absolute Gasteiger partial charge is 0.461 e. The maximum atomic E-state index is 12.6. The minimum Gasteiger partial charge on any atom is -0.461 e. The van der Waals surface area contributed by atoms with Gasteiger partial charge in [0.1, 0.15) is 11.8 Å². The Balaban J connectivity index is 1.38. The van der Waals surface area contributed by atoms with Crippen LogP contribution in [-0.2, 0) is 16.1 Å². The molecule has 130 valence electrons. The van der Waals surface area contributed by atoms with Crippen molar-refractivity contribution in [3.63, 3.8) is 0 Å². The van der Waals surface area contributed by atoms with E-state index in [1.165, 1.54) is 30.8 Å². The summed E-state index contributed by atoms with van der Waals surface area (Å²) in [7, 11) is 0. The van der Waals surface area contributed by atoms with E-state index in [9.17, 15) is 4.79 Å². The second-order valence-corrected chi connectivity index (χ2v) is 10.4. The topological polar surface area (TPSA) is 39.2 Å². The number of rotatable bonds is 3. The number of ether oxygens (including phenoxy) is 1. The fourth-order valence-corrected chi connectivity index (χ4v) is 8.61. The molecule has 2 bridgehead atoms. The summed E-state index contributed by atoms with van der Waals surface area (Å²) in [5.41, 5.74) is 0.891. The molecule has 1 saturated heterocycles. The van der Waals surface area contributed by atoms with Crippen LogP contribution in [0.15, 0.2) is 18.3 Å². The summed E-state index contributed by atoms with van der Waals surface area (Å²) in [6.45, 7) is 0.295. The SMILES string of the molecule is O=C(OCc1ccc(Cl)nc1)C1CC2CCCC(C1)C21SCCS1. The Hall–Kier alpha value is -0.390. The Morgan fingerprint density at radius 2 is 1.96 bits per heavy atom. The van der Waals surface area contributed by atoms with Gasteiger partial charge in [-0.2, -0.15) is 0 Å². The molecule has 4 rings (SSSR count). The molecule has 3 fully saturated rings. The number of hydrogen-bond donors (Lipinski definition) is 0. The predicted octanol–water partition coefficient (Wildman–Crippen LogP) is 4.78. The Labute approximate surface area is 156 Å². The molecule has 0 radical (unpaired) electrons. The summed E-state index contributed by atoms with van der Waals surface area (Å²) in [5.74, 6) is 3.96.